The van der Waals surface area contributed by atoms with E-state index in [2.05, 4.69) is 0 Å². The van der Waals surface area contributed by atoms with Gasteiger partial charge in [-0.1, -0.05) is 11.6 Å². The van der Waals surface area contributed by atoms with E-state index in [9.17, 15) is 9.59 Å². The SMILES string of the molecule is CC(=O)C(=O)c1cc(O)c(O)c(Cl)c1. The number of rotatable bonds is 2. The fourth-order valence-electron chi connectivity index (χ4n) is 0.919. The van der Waals surface area contributed by atoms with Gasteiger partial charge in [-0.3, -0.25) is 9.59 Å². The van der Waals surface area contributed by atoms with Gasteiger partial charge in [-0.05, 0) is 12.1 Å². The standard InChI is InChI=1S/C9H7ClO4/c1-4(11)8(13)5-2-6(10)9(14)7(12)3-5/h2-3,12,14H,1H3. The highest BCUT2D eigenvalue weighted by Gasteiger charge is 2.15. The zero-order valence-corrected chi connectivity index (χ0v) is 8.00. The molecule has 0 aliphatic carbocycles. The zero-order chi connectivity index (χ0) is 10.9. The van der Waals surface area contributed by atoms with E-state index in [0.717, 1.165) is 19.1 Å². The first-order valence-electron chi connectivity index (χ1n) is 3.70. The van der Waals surface area contributed by atoms with Gasteiger partial charge < -0.3 is 10.2 Å². The molecule has 0 spiro atoms. The predicted molar refractivity (Wildman–Crippen MR) is 49.8 cm³/mol. The van der Waals surface area contributed by atoms with Gasteiger partial charge in [-0.25, -0.2) is 0 Å². The number of benzene rings is 1. The molecule has 0 heterocycles. The van der Waals surface area contributed by atoms with E-state index >= 15 is 0 Å². The van der Waals surface area contributed by atoms with Crippen molar-refractivity contribution in [2.24, 2.45) is 0 Å². The van der Waals surface area contributed by atoms with E-state index in [0.29, 0.717) is 0 Å². The van der Waals surface area contributed by atoms with Gasteiger partial charge in [0, 0.05) is 12.5 Å². The van der Waals surface area contributed by atoms with Gasteiger partial charge in [-0.15, -0.1) is 0 Å². The first-order valence-corrected chi connectivity index (χ1v) is 4.08. The van der Waals surface area contributed by atoms with Crippen molar-refractivity contribution in [1.29, 1.82) is 0 Å². The molecule has 74 valence electrons. The van der Waals surface area contributed by atoms with Crippen molar-refractivity contribution >= 4 is 23.2 Å². The van der Waals surface area contributed by atoms with Gasteiger partial charge in [0.25, 0.3) is 0 Å². The molecular weight excluding hydrogens is 208 g/mol. The molecule has 0 bridgehead atoms. The number of carbonyl (C=O) groups excluding carboxylic acids is 2. The molecular formula is C9H7ClO4. The number of halogens is 1. The summed E-state index contributed by atoms with van der Waals surface area (Å²) in [6.07, 6.45) is 0. The van der Waals surface area contributed by atoms with Gasteiger partial charge in [0.15, 0.2) is 17.3 Å². The minimum atomic E-state index is -0.762. The molecule has 0 unspecified atom stereocenters. The van der Waals surface area contributed by atoms with Crippen LogP contribution in [0.2, 0.25) is 5.02 Å². The van der Waals surface area contributed by atoms with Crippen LogP contribution in [0.4, 0.5) is 0 Å². The third kappa shape index (κ3) is 1.85. The predicted octanol–water partition coefficient (Wildman–Crippen LogP) is 1.52. The fourth-order valence-corrected chi connectivity index (χ4v) is 1.13. The maximum Gasteiger partial charge on any atom is 0.228 e. The summed E-state index contributed by atoms with van der Waals surface area (Å²) >= 11 is 5.49. The Labute approximate surface area is 84.7 Å². The number of Topliss-reactive ketones (excluding diaryl/α,β-unsaturated/α-hetero) is 2. The van der Waals surface area contributed by atoms with Crippen LogP contribution in [0, 0.1) is 0 Å². The molecule has 0 atom stereocenters. The van der Waals surface area contributed by atoms with Crippen molar-refractivity contribution in [1.82, 2.24) is 0 Å². The number of ketones is 2. The number of hydrogen-bond acceptors (Lipinski definition) is 4. The number of phenols is 2. The zero-order valence-electron chi connectivity index (χ0n) is 7.24. The Balaban J connectivity index is 3.26. The monoisotopic (exact) mass is 214 g/mol. The molecule has 1 rings (SSSR count). The Kier molecular flexibility index (Phi) is 2.76. The molecule has 0 radical (unpaired) electrons. The minimum absolute atomic E-state index is 0.0437. The molecule has 0 saturated carbocycles. The summed E-state index contributed by atoms with van der Waals surface area (Å²) in [5.74, 6) is -2.46. The highest BCUT2D eigenvalue weighted by atomic mass is 35.5. The Morgan fingerprint density at radius 2 is 1.86 bits per heavy atom. The smallest absolute Gasteiger partial charge is 0.228 e. The van der Waals surface area contributed by atoms with Crippen LogP contribution in [0.5, 0.6) is 11.5 Å². The number of phenolic OH excluding ortho intramolecular Hbond substituents is 2. The molecule has 4 nitrogen and oxygen atoms in total. The van der Waals surface area contributed by atoms with E-state index in [1.165, 1.54) is 0 Å². The van der Waals surface area contributed by atoms with E-state index in [1.807, 2.05) is 0 Å². The van der Waals surface area contributed by atoms with Crippen molar-refractivity contribution in [2.45, 2.75) is 6.92 Å². The molecule has 0 aromatic heterocycles. The maximum atomic E-state index is 11.2. The molecule has 14 heavy (non-hydrogen) atoms. The first-order chi connectivity index (χ1) is 6.43. The average molecular weight is 215 g/mol. The minimum Gasteiger partial charge on any atom is -0.504 e. The summed E-state index contributed by atoms with van der Waals surface area (Å²) in [6, 6.07) is 2.12. The summed E-state index contributed by atoms with van der Waals surface area (Å²) in [5, 5.41) is 18.0. The van der Waals surface area contributed by atoms with Crippen LogP contribution in [-0.2, 0) is 4.79 Å². The Morgan fingerprint density at radius 1 is 1.29 bits per heavy atom. The lowest BCUT2D eigenvalue weighted by molar-refractivity contribution is -0.113. The Morgan fingerprint density at radius 3 is 2.29 bits per heavy atom. The normalized spacial score (nSPS) is 9.86. The molecule has 0 aliphatic rings. The second-order valence-electron chi connectivity index (χ2n) is 2.71. The molecule has 5 heteroatoms. The third-order valence-corrected chi connectivity index (χ3v) is 1.91. The molecule has 0 fully saturated rings. The number of hydrogen-bond donors (Lipinski definition) is 2. The van der Waals surface area contributed by atoms with Crippen LogP contribution >= 0.6 is 11.6 Å². The van der Waals surface area contributed by atoms with Crippen molar-refractivity contribution in [2.75, 3.05) is 0 Å². The van der Waals surface area contributed by atoms with Crippen LogP contribution in [0.25, 0.3) is 0 Å². The molecule has 0 saturated heterocycles. The summed E-state index contributed by atoms with van der Waals surface area (Å²) in [5.41, 5.74) is -0.0437. The lowest BCUT2D eigenvalue weighted by atomic mass is 10.1. The van der Waals surface area contributed by atoms with E-state index < -0.39 is 23.1 Å². The Bertz CT molecular complexity index is 388. The summed E-state index contributed by atoms with van der Waals surface area (Å²) < 4.78 is 0. The lowest BCUT2D eigenvalue weighted by Gasteiger charge is -2.02. The van der Waals surface area contributed by atoms with Crippen LogP contribution < -0.4 is 0 Å². The molecule has 1 aromatic rings. The topological polar surface area (TPSA) is 74.6 Å². The van der Waals surface area contributed by atoms with Crippen molar-refractivity contribution < 1.29 is 19.8 Å². The number of aromatic hydroxyl groups is 2. The average Bonchev–Trinajstić information content (AvgIpc) is 2.12. The second kappa shape index (κ2) is 3.67. The largest absolute Gasteiger partial charge is 0.504 e. The summed E-state index contributed by atoms with van der Waals surface area (Å²) in [6.45, 7) is 1.11. The van der Waals surface area contributed by atoms with Crippen LogP contribution in [-0.4, -0.2) is 21.8 Å². The second-order valence-corrected chi connectivity index (χ2v) is 3.12. The van der Waals surface area contributed by atoms with E-state index in [4.69, 9.17) is 21.8 Å². The molecule has 2 N–H and O–H groups in total. The first kappa shape index (κ1) is 10.5. The number of carbonyl (C=O) groups is 2. The third-order valence-electron chi connectivity index (χ3n) is 1.63. The van der Waals surface area contributed by atoms with Gasteiger partial charge in [0.2, 0.25) is 5.78 Å². The van der Waals surface area contributed by atoms with E-state index in [1.54, 1.807) is 0 Å². The quantitative estimate of drug-likeness (QED) is 0.445. The molecule has 1 aromatic carbocycles. The molecule has 0 aliphatic heterocycles. The van der Waals surface area contributed by atoms with Crippen molar-refractivity contribution in [3.05, 3.63) is 22.7 Å². The van der Waals surface area contributed by atoms with E-state index in [-0.39, 0.29) is 10.6 Å². The van der Waals surface area contributed by atoms with Crippen LogP contribution in [0.1, 0.15) is 17.3 Å². The highest BCUT2D eigenvalue weighted by Crippen LogP contribution is 2.34. The maximum absolute atomic E-state index is 11.2. The van der Waals surface area contributed by atoms with Gasteiger partial charge in [-0.2, -0.15) is 0 Å². The molecule has 0 amide bonds. The van der Waals surface area contributed by atoms with Crippen LogP contribution in [0.15, 0.2) is 12.1 Å². The summed E-state index contributed by atoms with van der Waals surface area (Å²) in [7, 11) is 0. The summed E-state index contributed by atoms with van der Waals surface area (Å²) in [4.78, 5) is 21.9. The fraction of sp³-hybridized carbons (Fsp3) is 0.111. The lowest BCUT2D eigenvalue weighted by Crippen LogP contribution is -2.09. The van der Waals surface area contributed by atoms with Gasteiger partial charge >= 0.3 is 0 Å². The van der Waals surface area contributed by atoms with Gasteiger partial charge in [0.05, 0.1) is 5.02 Å². The Hall–Kier alpha value is -1.55. The van der Waals surface area contributed by atoms with Gasteiger partial charge in [0.1, 0.15) is 0 Å². The van der Waals surface area contributed by atoms with Crippen molar-refractivity contribution in [3.63, 3.8) is 0 Å². The highest BCUT2D eigenvalue weighted by molar-refractivity contribution is 6.43. The van der Waals surface area contributed by atoms with Crippen LogP contribution in [0.3, 0.4) is 0 Å². The van der Waals surface area contributed by atoms with Crippen molar-refractivity contribution in [3.8, 4) is 11.5 Å².